The first-order chi connectivity index (χ1) is 11.6. The quantitative estimate of drug-likeness (QED) is 0.781. The Morgan fingerprint density at radius 1 is 1.40 bits per heavy atom. The predicted molar refractivity (Wildman–Crippen MR) is 106 cm³/mol. The van der Waals surface area contributed by atoms with Crippen LogP contribution < -0.4 is 5.32 Å². The number of carbonyl (C=O) groups excluding carboxylic acids is 1. The Labute approximate surface area is 160 Å². The van der Waals surface area contributed by atoms with Crippen molar-refractivity contribution in [2.45, 2.75) is 58.6 Å². The summed E-state index contributed by atoms with van der Waals surface area (Å²) >= 11 is 3.55. The summed E-state index contributed by atoms with van der Waals surface area (Å²) in [6.07, 6.45) is 3.12. The Morgan fingerprint density at radius 3 is 2.80 bits per heavy atom. The van der Waals surface area contributed by atoms with Crippen molar-refractivity contribution < 1.29 is 9.53 Å². The van der Waals surface area contributed by atoms with Crippen LogP contribution in [0.3, 0.4) is 0 Å². The minimum atomic E-state index is -0.447. The second-order valence-electron chi connectivity index (χ2n) is 8.23. The third-order valence-corrected chi connectivity index (χ3v) is 4.94. The number of benzene rings is 1. The van der Waals surface area contributed by atoms with Crippen LogP contribution in [-0.4, -0.2) is 42.8 Å². The lowest BCUT2D eigenvalue weighted by Crippen LogP contribution is -2.41. The molecule has 0 aromatic heterocycles. The van der Waals surface area contributed by atoms with Gasteiger partial charge >= 0.3 is 6.09 Å². The van der Waals surface area contributed by atoms with E-state index in [1.165, 1.54) is 11.1 Å². The van der Waals surface area contributed by atoms with E-state index >= 15 is 0 Å². The molecule has 0 radical (unpaired) electrons. The van der Waals surface area contributed by atoms with Gasteiger partial charge in [-0.15, -0.1) is 0 Å². The van der Waals surface area contributed by atoms with E-state index in [-0.39, 0.29) is 6.09 Å². The highest BCUT2D eigenvalue weighted by molar-refractivity contribution is 9.10. The number of hydrogen-bond donors (Lipinski definition) is 1. The molecule has 1 N–H and O–H groups in total. The van der Waals surface area contributed by atoms with Crippen molar-refractivity contribution >= 4 is 22.0 Å². The molecule has 0 spiro atoms. The van der Waals surface area contributed by atoms with Crippen molar-refractivity contribution in [2.24, 2.45) is 5.92 Å². The summed E-state index contributed by atoms with van der Waals surface area (Å²) in [7, 11) is 1.80. The van der Waals surface area contributed by atoms with Gasteiger partial charge in [-0.2, -0.15) is 0 Å². The highest BCUT2D eigenvalue weighted by Crippen LogP contribution is 2.25. The topological polar surface area (TPSA) is 41.6 Å². The third-order valence-electron chi connectivity index (χ3n) is 4.44. The molecule has 1 aliphatic rings. The molecule has 0 saturated carbocycles. The predicted octanol–water partition coefficient (Wildman–Crippen LogP) is 4.40. The number of nitrogens with one attached hydrogen (secondary N) is 1. The molecule has 0 fully saturated rings. The fraction of sp³-hybridized carbons (Fsp3) is 0.650. The minimum absolute atomic E-state index is 0.253. The van der Waals surface area contributed by atoms with E-state index in [0.717, 1.165) is 30.3 Å². The first kappa shape index (κ1) is 20.2. The molecule has 0 bridgehead atoms. The number of ether oxygens (including phenoxy) is 1. The lowest BCUT2D eigenvalue weighted by molar-refractivity contribution is 0.0276. The largest absolute Gasteiger partial charge is 0.444 e. The highest BCUT2D eigenvalue weighted by atomic mass is 79.9. The summed E-state index contributed by atoms with van der Waals surface area (Å²) in [6.45, 7) is 9.44. The molecule has 2 rings (SSSR count). The van der Waals surface area contributed by atoms with E-state index in [9.17, 15) is 4.79 Å². The summed E-state index contributed by atoms with van der Waals surface area (Å²) in [5.41, 5.74) is 2.47. The van der Waals surface area contributed by atoms with Gasteiger partial charge in [-0.25, -0.2) is 4.79 Å². The van der Waals surface area contributed by atoms with Crippen LogP contribution in [0.5, 0.6) is 0 Å². The first-order valence-corrected chi connectivity index (χ1v) is 9.88. The number of aryl methyl sites for hydroxylation is 1. The molecule has 0 saturated heterocycles. The normalized spacial score (nSPS) is 18.4. The molecule has 1 amide bonds. The van der Waals surface area contributed by atoms with Gasteiger partial charge in [-0.1, -0.05) is 28.9 Å². The molecule has 1 aliphatic carbocycles. The smallest absolute Gasteiger partial charge is 0.410 e. The van der Waals surface area contributed by atoms with Crippen LogP contribution in [0, 0.1) is 5.92 Å². The number of fused-ring (bicyclic) bond motifs is 1. The van der Waals surface area contributed by atoms with E-state index < -0.39 is 5.60 Å². The van der Waals surface area contributed by atoms with Gasteiger partial charge in [0.15, 0.2) is 0 Å². The molecular weight excluding hydrogens is 380 g/mol. The van der Waals surface area contributed by atoms with Gasteiger partial charge in [0.25, 0.3) is 0 Å². The Kier molecular flexibility index (Phi) is 6.92. The van der Waals surface area contributed by atoms with Crippen LogP contribution in [0.1, 0.15) is 45.2 Å². The summed E-state index contributed by atoms with van der Waals surface area (Å²) in [6, 6.07) is 7.11. The van der Waals surface area contributed by atoms with E-state index in [0.29, 0.717) is 18.5 Å². The van der Waals surface area contributed by atoms with E-state index in [2.05, 4.69) is 46.4 Å². The van der Waals surface area contributed by atoms with Gasteiger partial charge in [0, 0.05) is 24.1 Å². The van der Waals surface area contributed by atoms with E-state index in [1.807, 2.05) is 20.8 Å². The molecule has 4 nitrogen and oxygen atoms in total. The minimum Gasteiger partial charge on any atom is -0.444 e. The molecule has 2 atom stereocenters. The second kappa shape index (κ2) is 8.54. The number of hydrogen-bond acceptors (Lipinski definition) is 3. The van der Waals surface area contributed by atoms with Crippen LogP contribution in [0.4, 0.5) is 4.79 Å². The average Bonchev–Trinajstić information content (AvgIpc) is 2.51. The van der Waals surface area contributed by atoms with Crippen LogP contribution in [0.2, 0.25) is 0 Å². The van der Waals surface area contributed by atoms with Crippen LogP contribution in [-0.2, 0) is 17.6 Å². The first-order valence-electron chi connectivity index (χ1n) is 9.09. The fourth-order valence-electron chi connectivity index (χ4n) is 3.21. The molecule has 25 heavy (non-hydrogen) atoms. The van der Waals surface area contributed by atoms with Gasteiger partial charge in [0.05, 0.1) is 0 Å². The van der Waals surface area contributed by atoms with Crippen molar-refractivity contribution in [1.29, 1.82) is 0 Å². The molecule has 140 valence electrons. The number of halogens is 1. The Balaban J connectivity index is 1.76. The lowest BCUT2D eigenvalue weighted by atomic mass is 9.88. The zero-order valence-corrected chi connectivity index (χ0v) is 17.6. The van der Waals surface area contributed by atoms with Crippen molar-refractivity contribution in [1.82, 2.24) is 10.2 Å². The van der Waals surface area contributed by atoms with Crippen molar-refractivity contribution in [3.8, 4) is 0 Å². The SMILES string of the molecule is CC(CNC1CCc2cc(Br)ccc2C1)CN(C)C(=O)OC(C)(C)C. The zero-order chi connectivity index (χ0) is 18.6. The number of nitrogens with zero attached hydrogens (tertiary/aromatic N) is 1. The van der Waals surface area contributed by atoms with Crippen molar-refractivity contribution in [2.75, 3.05) is 20.1 Å². The standard InChI is InChI=1S/C20H31BrN2O2/c1-14(13-23(5)19(24)25-20(2,3)4)12-22-18-9-7-15-10-17(21)8-6-16(15)11-18/h6,8,10,14,18,22H,7,9,11-13H2,1-5H3. The Bertz CT molecular complexity index is 598. The molecule has 1 aromatic carbocycles. The molecule has 0 heterocycles. The maximum atomic E-state index is 12.0. The maximum absolute atomic E-state index is 12.0. The molecule has 2 unspecified atom stereocenters. The van der Waals surface area contributed by atoms with Crippen molar-refractivity contribution in [3.63, 3.8) is 0 Å². The molecule has 1 aromatic rings. The van der Waals surface area contributed by atoms with Gasteiger partial charge in [-0.3, -0.25) is 0 Å². The number of amides is 1. The van der Waals surface area contributed by atoms with Crippen LogP contribution in [0.25, 0.3) is 0 Å². The third kappa shape index (κ3) is 6.63. The summed E-state index contributed by atoms with van der Waals surface area (Å²) in [5.74, 6) is 0.379. The Hall–Kier alpha value is -1.07. The van der Waals surface area contributed by atoms with Crippen molar-refractivity contribution in [3.05, 3.63) is 33.8 Å². The monoisotopic (exact) mass is 410 g/mol. The van der Waals surface area contributed by atoms with E-state index in [1.54, 1.807) is 11.9 Å². The molecule has 5 heteroatoms. The molecule has 0 aliphatic heterocycles. The van der Waals surface area contributed by atoms with Gasteiger partial charge in [0.1, 0.15) is 5.60 Å². The number of carbonyl (C=O) groups is 1. The van der Waals surface area contributed by atoms with Crippen LogP contribution >= 0.6 is 15.9 Å². The Morgan fingerprint density at radius 2 is 2.12 bits per heavy atom. The van der Waals surface area contributed by atoms with E-state index in [4.69, 9.17) is 4.74 Å². The second-order valence-corrected chi connectivity index (χ2v) is 9.14. The van der Waals surface area contributed by atoms with Crippen LogP contribution in [0.15, 0.2) is 22.7 Å². The average molecular weight is 411 g/mol. The maximum Gasteiger partial charge on any atom is 0.410 e. The van der Waals surface area contributed by atoms with Gasteiger partial charge < -0.3 is 15.0 Å². The molecular formula is C20H31BrN2O2. The summed E-state index contributed by atoms with van der Waals surface area (Å²) in [4.78, 5) is 13.7. The lowest BCUT2D eigenvalue weighted by Gasteiger charge is -2.29. The highest BCUT2D eigenvalue weighted by Gasteiger charge is 2.22. The zero-order valence-electron chi connectivity index (χ0n) is 16.1. The summed E-state index contributed by atoms with van der Waals surface area (Å²) < 4.78 is 6.57. The van der Waals surface area contributed by atoms with Gasteiger partial charge in [-0.05, 0) is 75.8 Å². The fourth-order valence-corrected chi connectivity index (χ4v) is 3.62. The summed E-state index contributed by atoms with van der Waals surface area (Å²) in [5, 5.41) is 3.68. The van der Waals surface area contributed by atoms with Gasteiger partial charge in [0.2, 0.25) is 0 Å². The number of rotatable bonds is 5.